The Hall–Kier alpha value is -2.00. The number of methoxy groups -OCH3 is 1. The molecule has 0 unspecified atom stereocenters. The van der Waals surface area contributed by atoms with Gasteiger partial charge in [0.15, 0.2) is 0 Å². The maximum absolute atomic E-state index is 5.96. The van der Waals surface area contributed by atoms with Crippen molar-refractivity contribution in [3.63, 3.8) is 0 Å². The molecule has 0 heterocycles. The highest BCUT2D eigenvalue weighted by Crippen LogP contribution is 2.13. The van der Waals surface area contributed by atoms with Crippen LogP contribution < -0.4 is 4.74 Å². The van der Waals surface area contributed by atoms with Crippen molar-refractivity contribution in [1.29, 1.82) is 0 Å². The van der Waals surface area contributed by atoms with Gasteiger partial charge in [-0.3, -0.25) is 0 Å². The smallest absolute Gasteiger partial charge is 0.142 e. The van der Waals surface area contributed by atoms with Crippen molar-refractivity contribution in [3.05, 3.63) is 64.7 Å². The van der Waals surface area contributed by atoms with Gasteiger partial charge in [0.25, 0.3) is 0 Å². The normalized spacial score (nSPS) is 10.6. The van der Waals surface area contributed by atoms with E-state index in [0.717, 1.165) is 11.3 Å². The molecule has 0 aliphatic heterocycles. The van der Waals surface area contributed by atoms with Crippen LogP contribution in [0.3, 0.4) is 0 Å². The fourth-order valence-electron chi connectivity index (χ4n) is 1.46. The van der Waals surface area contributed by atoms with E-state index in [2.05, 4.69) is 11.4 Å². The zero-order valence-electron chi connectivity index (χ0n) is 10.5. The molecule has 0 amide bonds. The van der Waals surface area contributed by atoms with Gasteiger partial charge in [-0.25, -0.2) is 0 Å². The summed E-state index contributed by atoms with van der Waals surface area (Å²) in [5, 5.41) is 4.37. The molecule has 4 heteroatoms. The van der Waals surface area contributed by atoms with E-state index in [-0.39, 0.29) is 0 Å². The molecule has 0 aliphatic rings. The zero-order chi connectivity index (χ0) is 13.5. The molecular formula is C15H13ClNO2. The van der Waals surface area contributed by atoms with E-state index in [0.29, 0.717) is 17.2 Å². The molecule has 3 nitrogen and oxygen atoms in total. The highest BCUT2D eigenvalue weighted by atomic mass is 35.5. The third-order valence-corrected chi connectivity index (χ3v) is 2.82. The average molecular weight is 275 g/mol. The lowest BCUT2D eigenvalue weighted by Crippen LogP contribution is -1.89. The number of rotatable bonds is 5. The predicted octanol–water partition coefficient (Wildman–Crippen LogP) is 3.78. The standard InChI is InChI=1S/C15H13ClNO2/c1-18-14-8-6-12(7-9-14)11-19-17-10-13-4-2-3-5-15(13)16/h2-9H,11H2,1H3. The molecule has 0 saturated carbocycles. The van der Waals surface area contributed by atoms with E-state index in [1.165, 1.54) is 0 Å². The molecule has 2 aromatic rings. The third-order valence-electron chi connectivity index (χ3n) is 2.49. The number of hydrogen-bond donors (Lipinski definition) is 0. The van der Waals surface area contributed by atoms with Crippen LogP contribution >= 0.6 is 11.6 Å². The van der Waals surface area contributed by atoms with Crippen molar-refractivity contribution < 1.29 is 9.57 Å². The van der Waals surface area contributed by atoms with Crippen molar-refractivity contribution >= 4 is 17.8 Å². The first kappa shape index (κ1) is 13.4. The molecule has 19 heavy (non-hydrogen) atoms. The minimum Gasteiger partial charge on any atom is -0.497 e. The molecule has 0 bridgehead atoms. The number of benzene rings is 2. The quantitative estimate of drug-likeness (QED) is 0.614. The number of nitrogens with zero attached hydrogens (tertiary/aromatic N) is 1. The summed E-state index contributed by atoms with van der Waals surface area (Å²) in [6.07, 6.45) is 2.75. The highest BCUT2D eigenvalue weighted by Gasteiger charge is 1.96. The summed E-state index contributed by atoms with van der Waals surface area (Å²) in [5.74, 6) is 0.815. The van der Waals surface area contributed by atoms with Crippen molar-refractivity contribution in [2.24, 2.45) is 5.16 Å². The Morgan fingerprint density at radius 2 is 1.84 bits per heavy atom. The molecule has 97 valence electrons. The number of ether oxygens (including phenoxy) is 1. The van der Waals surface area contributed by atoms with Crippen LogP contribution in [0.4, 0.5) is 0 Å². The van der Waals surface area contributed by atoms with Crippen LogP contribution in [0.5, 0.6) is 5.75 Å². The third kappa shape index (κ3) is 4.00. The van der Waals surface area contributed by atoms with E-state index in [1.807, 2.05) is 42.5 Å². The van der Waals surface area contributed by atoms with Crippen molar-refractivity contribution in [1.82, 2.24) is 0 Å². The van der Waals surface area contributed by atoms with Gasteiger partial charge in [0.05, 0.1) is 12.1 Å². The van der Waals surface area contributed by atoms with Crippen LogP contribution in [0.2, 0.25) is 5.02 Å². The summed E-state index contributed by atoms with van der Waals surface area (Å²) in [7, 11) is 1.63. The van der Waals surface area contributed by atoms with Gasteiger partial charge in [-0.2, -0.15) is 0 Å². The van der Waals surface area contributed by atoms with Gasteiger partial charge in [-0.15, -0.1) is 0 Å². The van der Waals surface area contributed by atoms with Crippen molar-refractivity contribution in [2.75, 3.05) is 7.11 Å². The van der Waals surface area contributed by atoms with E-state index in [9.17, 15) is 0 Å². The molecule has 0 atom stereocenters. The van der Waals surface area contributed by atoms with Gasteiger partial charge in [0.2, 0.25) is 0 Å². The second-order valence-corrected chi connectivity index (χ2v) is 4.21. The van der Waals surface area contributed by atoms with Crippen LogP contribution in [0.25, 0.3) is 0 Å². The van der Waals surface area contributed by atoms with Gasteiger partial charge in [-0.1, -0.05) is 47.1 Å². The van der Waals surface area contributed by atoms with E-state index >= 15 is 0 Å². The summed E-state index contributed by atoms with van der Waals surface area (Å²) in [5.41, 5.74) is 1.71. The Kier molecular flexibility index (Phi) is 4.81. The average Bonchev–Trinajstić information content (AvgIpc) is 2.46. The van der Waals surface area contributed by atoms with Gasteiger partial charge in [0, 0.05) is 5.56 Å². The Bertz CT molecular complexity index is 552. The minimum atomic E-state index is 0.376. The Morgan fingerprint density at radius 1 is 1.11 bits per heavy atom. The first-order chi connectivity index (χ1) is 9.29. The Balaban J connectivity index is 1.87. The maximum atomic E-state index is 5.96. The first-order valence-electron chi connectivity index (χ1n) is 5.75. The molecule has 0 N–H and O–H groups in total. The highest BCUT2D eigenvalue weighted by molar-refractivity contribution is 6.33. The summed E-state index contributed by atoms with van der Waals surface area (Å²) in [6, 6.07) is 14.9. The largest absolute Gasteiger partial charge is 0.497 e. The number of hydrogen-bond acceptors (Lipinski definition) is 3. The molecule has 0 aromatic heterocycles. The van der Waals surface area contributed by atoms with Gasteiger partial charge >= 0.3 is 0 Å². The monoisotopic (exact) mass is 274 g/mol. The van der Waals surface area contributed by atoms with Crippen LogP contribution in [-0.2, 0) is 11.4 Å². The minimum absolute atomic E-state index is 0.376. The molecule has 0 aliphatic carbocycles. The van der Waals surface area contributed by atoms with E-state index in [1.54, 1.807) is 13.2 Å². The lowest BCUT2D eigenvalue weighted by Gasteiger charge is -2.02. The molecule has 0 fully saturated rings. The molecule has 0 spiro atoms. The first-order valence-corrected chi connectivity index (χ1v) is 6.13. The van der Waals surface area contributed by atoms with E-state index < -0.39 is 0 Å². The fourth-order valence-corrected chi connectivity index (χ4v) is 1.64. The summed E-state index contributed by atoms with van der Waals surface area (Å²) in [4.78, 5) is 5.17. The SMILES string of the molecule is COc1ccc(CO/N=[C]\c2ccccc2Cl)cc1. The Labute approximate surface area is 117 Å². The van der Waals surface area contributed by atoms with Gasteiger partial charge in [0.1, 0.15) is 18.6 Å². The summed E-state index contributed by atoms with van der Waals surface area (Å²) in [6.45, 7) is 0.376. The second-order valence-electron chi connectivity index (χ2n) is 3.80. The van der Waals surface area contributed by atoms with Crippen molar-refractivity contribution in [3.8, 4) is 5.75 Å². The van der Waals surface area contributed by atoms with Crippen LogP contribution in [-0.4, -0.2) is 13.3 Å². The summed E-state index contributed by atoms with van der Waals surface area (Å²) >= 11 is 5.96. The van der Waals surface area contributed by atoms with Crippen LogP contribution in [0.15, 0.2) is 53.7 Å². The van der Waals surface area contributed by atoms with Gasteiger partial charge in [-0.05, 0) is 23.8 Å². The Morgan fingerprint density at radius 3 is 2.53 bits per heavy atom. The molecule has 0 saturated heterocycles. The molecule has 2 aromatic carbocycles. The lowest BCUT2D eigenvalue weighted by molar-refractivity contribution is 0.132. The maximum Gasteiger partial charge on any atom is 0.142 e. The van der Waals surface area contributed by atoms with Crippen LogP contribution in [0, 0.1) is 0 Å². The van der Waals surface area contributed by atoms with E-state index in [4.69, 9.17) is 21.2 Å². The predicted molar refractivity (Wildman–Crippen MR) is 75.8 cm³/mol. The summed E-state index contributed by atoms with van der Waals surface area (Å²) < 4.78 is 5.07. The zero-order valence-corrected chi connectivity index (χ0v) is 11.2. The molecule has 2 rings (SSSR count). The molecular weight excluding hydrogens is 262 g/mol. The number of halogens is 1. The second kappa shape index (κ2) is 6.81. The topological polar surface area (TPSA) is 30.8 Å². The molecule has 1 radical (unpaired) electrons. The van der Waals surface area contributed by atoms with Gasteiger partial charge < -0.3 is 9.57 Å². The fraction of sp³-hybridized carbons (Fsp3) is 0.133. The lowest BCUT2D eigenvalue weighted by atomic mass is 10.2. The van der Waals surface area contributed by atoms with Crippen LogP contribution in [0.1, 0.15) is 11.1 Å². The van der Waals surface area contributed by atoms with Crippen molar-refractivity contribution in [2.45, 2.75) is 6.61 Å².